The number of dihydropyridines is 1. The third kappa shape index (κ3) is 5.83. The van der Waals surface area contributed by atoms with Gasteiger partial charge in [0, 0.05) is 36.3 Å². The van der Waals surface area contributed by atoms with Crippen LogP contribution in [0.25, 0.3) is 16.5 Å². The Hall–Kier alpha value is -3.46. The van der Waals surface area contributed by atoms with E-state index >= 15 is 0 Å². The van der Waals surface area contributed by atoms with Gasteiger partial charge in [-0.3, -0.25) is 14.9 Å². The Morgan fingerprint density at radius 2 is 2.03 bits per heavy atom. The Morgan fingerprint density at radius 1 is 1.21 bits per heavy atom. The molecular weight excluding hydrogens is 491 g/mol. The average Bonchev–Trinajstić information content (AvgIpc) is 3.30. The largest absolute Gasteiger partial charge is 0.416 e. The fourth-order valence-corrected chi connectivity index (χ4v) is 5.40. The number of halogens is 3. The first-order chi connectivity index (χ1) is 18.1. The average molecular weight is 524 g/mol. The van der Waals surface area contributed by atoms with Crippen molar-refractivity contribution >= 4 is 28.6 Å². The molecule has 2 aliphatic rings. The van der Waals surface area contributed by atoms with E-state index in [1.807, 2.05) is 24.4 Å². The van der Waals surface area contributed by atoms with Crippen LogP contribution in [0.1, 0.15) is 60.3 Å². The summed E-state index contributed by atoms with van der Waals surface area (Å²) in [7, 11) is 0. The van der Waals surface area contributed by atoms with Gasteiger partial charge in [0.05, 0.1) is 22.3 Å². The van der Waals surface area contributed by atoms with Gasteiger partial charge in [-0.05, 0) is 87.6 Å². The highest BCUT2D eigenvalue weighted by molar-refractivity contribution is 6.01. The van der Waals surface area contributed by atoms with E-state index < -0.39 is 11.7 Å². The molecule has 0 bridgehead atoms. The number of hydrogen-bond acceptors (Lipinski definition) is 4. The smallest absolute Gasteiger partial charge is 0.348 e. The number of allylic oxidation sites excluding steroid dienone is 1. The van der Waals surface area contributed by atoms with Crippen molar-refractivity contribution in [1.29, 1.82) is 0 Å². The molecule has 9 heteroatoms. The van der Waals surface area contributed by atoms with Gasteiger partial charge in [0.1, 0.15) is 0 Å². The molecule has 0 aliphatic carbocycles. The zero-order valence-corrected chi connectivity index (χ0v) is 21.6. The van der Waals surface area contributed by atoms with Crippen molar-refractivity contribution in [2.45, 2.75) is 57.3 Å². The molecule has 0 saturated carbocycles. The summed E-state index contributed by atoms with van der Waals surface area (Å²) in [5.41, 5.74) is 2.85. The fourth-order valence-electron chi connectivity index (χ4n) is 5.40. The van der Waals surface area contributed by atoms with Gasteiger partial charge < -0.3 is 10.2 Å². The topological polar surface area (TPSA) is 73.4 Å². The number of amides is 1. The first-order valence-electron chi connectivity index (χ1n) is 13.0. The molecule has 5 rings (SSSR count). The molecule has 2 N–H and O–H groups in total. The summed E-state index contributed by atoms with van der Waals surface area (Å²) in [6, 6.07) is 11.2. The number of carbonyl (C=O) groups excluding carboxylic acids is 1. The van der Waals surface area contributed by atoms with Gasteiger partial charge >= 0.3 is 6.18 Å². The lowest BCUT2D eigenvalue weighted by atomic mass is 9.90. The van der Waals surface area contributed by atoms with Crippen LogP contribution in [-0.4, -0.2) is 58.4 Å². The molecule has 1 amide bonds. The van der Waals surface area contributed by atoms with Crippen molar-refractivity contribution in [3.8, 4) is 0 Å². The summed E-state index contributed by atoms with van der Waals surface area (Å²) in [6.45, 7) is 6.08. The Morgan fingerprint density at radius 3 is 2.82 bits per heavy atom. The van der Waals surface area contributed by atoms with Gasteiger partial charge in [-0.15, -0.1) is 0 Å². The molecule has 2 aromatic carbocycles. The normalized spacial score (nSPS) is 19.9. The molecule has 1 fully saturated rings. The summed E-state index contributed by atoms with van der Waals surface area (Å²) in [5.74, 6) is -0.159. The number of likely N-dealkylation sites (tertiary alicyclic amines) is 1. The molecule has 3 heterocycles. The number of alkyl halides is 3. The second kappa shape index (κ2) is 10.4. The van der Waals surface area contributed by atoms with Crippen molar-refractivity contribution in [1.82, 2.24) is 20.4 Å². The van der Waals surface area contributed by atoms with Crippen LogP contribution < -0.4 is 5.32 Å². The van der Waals surface area contributed by atoms with Crippen LogP contribution in [0.2, 0.25) is 0 Å². The summed E-state index contributed by atoms with van der Waals surface area (Å²) < 4.78 is 40.0. The van der Waals surface area contributed by atoms with E-state index in [0.717, 1.165) is 54.0 Å². The maximum Gasteiger partial charge on any atom is 0.416 e. The van der Waals surface area contributed by atoms with Gasteiger partial charge in [-0.25, -0.2) is 0 Å². The van der Waals surface area contributed by atoms with Crippen molar-refractivity contribution in [2.75, 3.05) is 19.6 Å². The van der Waals surface area contributed by atoms with E-state index in [0.29, 0.717) is 30.6 Å². The summed E-state index contributed by atoms with van der Waals surface area (Å²) in [5, 5.41) is 11.6. The van der Waals surface area contributed by atoms with E-state index in [1.54, 1.807) is 18.2 Å². The van der Waals surface area contributed by atoms with Crippen molar-refractivity contribution < 1.29 is 18.0 Å². The monoisotopic (exact) mass is 523 g/mol. The minimum absolute atomic E-state index is 0.0632. The predicted molar refractivity (Wildman–Crippen MR) is 143 cm³/mol. The molecule has 2 aliphatic heterocycles. The molecule has 0 radical (unpaired) electrons. The van der Waals surface area contributed by atoms with Gasteiger partial charge in [-0.2, -0.15) is 18.3 Å². The van der Waals surface area contributed by atoms with Crippen molar-refractivity contribution in [3.05, 3.63) is 70.9 Å². The lowest BCUT2D eigenvalue weighted by Gasteiger charge is -2.33. The first kappa shape index (κ1) is 26.2. The molecule has 1 unspecified atom stereocenters. The second-order valence-electron chi connectivity index (χ2n) is 10.8. The van der Waals surface area contributed by atoms with Gasteiger partial charge in [0.25, 0.3) is 5.91 Å². The van der Waals surface area contributed by atoms with Crippen LogP contribution in [-0.2, 0) is 12.6 Å². The van der Waals surface area contributed by atoms with E-state index in [4.69, 9.17) is 0 Å². The quantitative estimate of drug-likeness (QED) is 0.438. The highest BCUT2D eigenvalue weighted by Crippen LogP contribution is 2.33. The van der Waals surface area contributed by atoms with E-state index in [2.05, 4.69) is 39.3 Å². The Balaban J connectivity index is 1.24. The number of aliphatic imine (C=N–C) groups is 1. The maximum atomic E-state index is 13.3. The molecule has 1 atom stereocenters. The zero-order chi connectivity index (χ0) is 26.9. The molecular formula is C29H32F3N5O. The molecule has 200 valence electrons. The summed E-state index contributed by atoms with van der Waals surface area (Å²) in [6.07, 6.45) is 2.20. The van der Waals surface area contributed by atoms with Crippen molar-refractivity contribution in [2.24, 2.45) is 4.99 Å². The molecule has 6 nitrogen and oxygen atoms in total. The fraction of sp³-hybridized carbons (Fsp3) is 0.414. The Bertz CT molecular complexity index is 1390. The number of rotatable bonds is 6. The van der Waals surface area contributed by atoms with Crippen LogP contribution in [0.3, 0.4) is 0 Å². The number of aromatic nitrogens is 2. The molecule has 1 aromatic heterocycles. The summed E-state index contributed by atoms with van der Waals surface area (Å²) >= 11 is 0. The van der Waals surface area contributed by atoms with Crippen LogP contribution in [0.5, 0.6) is 0 Å². The third-order valence-electron chi connectivity index (χ3n) is 7.31. The molecule has 3 aromatic rings. The van der Waals surface area contributed by atoms with Gasteiger partial charge in [0.15, 0.2) is 0 Å². The molecule has 38 heavy (non-hydrogen) atoms. The van der Waals surface area contributed by atoms with E-state index in [-0.39, 0.29) is 17.5 Å². The maximum absolute atomic E-state index is 13.3. The zero-order valence-electron chi connectivity index (χ0n) is 21.6. The Kier molecular flexibility index (Phi) is 7.13. The van der Waals surface area contributed by atoms with Gasteiger partial charge in [0.2, 0.25) is 0 Å². The number of nitrogens with zero attached hydrogens (tertiary/aromatic N) is 3. The number of piperidine rings is 1. The lowest BCUT2D eigenvalue weighted by Crippen LogP contribution is -2.48. The number of hydrogen-bond donors (Lipinski definition) is 2. The minimum Gasteiger partial charge on any atom is -0.348 e. The number of benzene rings is 2. The van der Waals surface area contributed by atoms with Crippen LogP contribution in [0.15, 0.2) is 53.5 Å². The Labute approximate surface area is 220 Å². The number of aromatic amines is 1. The molecule has 1 saturated heterocycles. The molecule has 0 spiro atoms. The number of nitrogens with one attached hydrogen (secondary N) is 2. The van der Waals surface area contributed by atoms with Crippen LogP contribution in [0, 0.1) is 0 Å². The number of carbonyl (C=O) groups is 1. The van der Waals surface area contributed by atoms with E-state index in [9.17, 15) is 18.0 Å². The lowest BCUT2D eigenvalue weighted by molar-refractivity contribution is -0.138. The highest BCUT2D eigenvalue weighted by atomic mass is 19.4. The minimum atomic E-state index is -4.36. The van der Waals surface area contributed by atoms with Crippen LogP contribution in [0.4, 0.5) is 13.2 Å². The van der Waals surface area contributed by atoms with Crippen molar-refractivity contribution in [3.63, 3.8) is 0 Å². The number of fused-ring (bicyclic) bond motifs is 1. The van der Waals surface area contributed by atoms with E-state index in [1.165, 1.54) is 6.07 Å². The highest BCUT2D eigenvalue weighted by Gasteiger charge is 2.33. The predicted octanol–water partition coefficient (Wildman–Crippen LogP) is 5.66. The van der Waals surface area contributed by atoms with Gasteiger partial charge in [-0.1, -0.05) is 18.2 Å². The summed E-state index contributed by atoms with van der Waals surface area (Å²) in [4.78, 5) is 19.8. The standard InChI is InChI=1S/C29H32F3N5O/c1-28(2)17-21(11-13-33-28)26-23-16-20(9-10-25(23)35-36-26)27(38)34-22-7-5-14-37(18-22)15-12-19-6-3-4-8-24(19)29(30,31)32/h3-4,6,8-11,13,16,22H,5,7,12,14-15,17-18H2,1-2H3,(H,34,38)(H,35,36). The third-order valence-corrected chi connectivity index (χ3v) is 7.31. The number of H-pyrrole nitrogens is 1. The first-order valence-corrected chi connectivity index (χ1v) is 13.0. The SMILES string of the molecule is CC1(C)CC(c2n[nH]c3ccc(C(=O)NC4CCCN(CCc5ccccc5C(F)(F)F)C4)cc23)=CC=N1. The second-order valence-corrected chi connectivity index (χ2v) is 10.8. The van der Waals surface area contributed by atoms with Crippen LogP contribution >= 0.6 is 0 Å².